The Kier molecular flexibility index (Phi) is 4.74. The van der Waals surface area contributed by atoms with E-state index >= 15 is 0 Å². The smallest absolute Gasteiger partial charge is 0.223 e. The zero-order valence-corrected chi connectivity index (χ0v) is 12.9. The zero-order valence-electron chi connectivity index (χ0n) is 11.2. The summed E-state index contributed by atoms with van der Waals surface area (Å²) in [5.74, 6) is -0.963. The number of nitrogens with two attached hydrogens (primary N) is 1. The minimum atomic E-state index is -3.32. The van der Waals surface area contributed by atoms with E-state index in [1.54, 1.807) is 5.51 Å². The van der Waals surface area contributed by atoms with Crippen molar-refractivity contribution < 1.29 is 13.2 Å². The van der Waals surface area contributed by atoms with Crippen molar-refractivity contribution in [1.82, 2.24) is 14.2 Å². The zero-order chi connectivity index (χ0) is 14.8. The molecule has 1 fully saturated rings. The molecule has 1 aromatic rings. The highest BCUT2D eigenvalue weighted by Crippen LogP contribution is 2.15. The normalized spacial score (nSPS) is 22.6. The molecule has 0 aromatic carbocycles. The minimum Gasteiger partial charge on any atom is -0.369 e. The first-order valence-corrected chi connectivity index (χ1v) is 8.99. The fraction of sp³-hybridized carbons (Fsp3) is 0.636. The Bertz CT molecular complexity index is 558. The van der Waals surface area contributed by atoms with Crippen LogP contribution in [0.1, 0.15) is 5.69 Å². The summed E-state index contributed by atoms with van der Waals surface area (Å²) in [5.41, 5.74) is 8.05. The Morgan fingerprint density at radius 1 is 1.50 bits per heavy atom. The van der Waals surface area contributed by atoms with E-state index in [1.165, 1.54) is 15.6 Å². The summed E-state index contributed by atoms with van der Waals surface area (Å²) in [6.07, 6.45) is 1.15. The van der Waals surface area contributed by atoms with Crippen molar-refractivity contribution in [3.63, 3.8) is 0 Å². The summed E-state index contributed by atoms with van der Waals surface area (Å²) in [6, 6.07) is 0. The van der Waals surface area contributed by atoms with Gasteiger partial charge in [0, 0.05) is 38.1 Å². The summed E-state index contributed by atoms with van der Waals surface area (Å²) in [7, 11) is -3.32. The van der Waals surface area contributed by atoms with Gasteiger partial charge in [0.2, 0.25) is 15.9 Å². The maximum Gasteiger partial charge on any atom is 0.223 e. The number of thiazole rings is 1. The molecular formula is C11H18N4O3S2. The second-order valence-electron chi connectivity index (χ2n) is 4.94. The first kappa shape index (κ1) is 15.4. The van der Waals surface area contributed by atoms with Crippen LogP contribution in [0.2, 0.25) is 0 Å². The molecule has 0 saturated carbocycles. The van der Waals surface area contributed by atoms with Crippen LogP contribution in [0, 0.1) is 5.92 Å². The van der Waals surface area contributed by atoms with Crippen molar-refractivity contribution >= 4 is 27.3 Å². The van der Waals surface area contributed by atoms with Gasteiger partial charge in [0.25, 0.3) is 0 Å². The van der Waals surface area contributed by atoms with Gasteiger partial charge in [-0.25, -0.2) is 17.7 Å². The second-order valence-corrected chi connectivity index (χ2v) is 7.64. The largest absolute Gasteiger partial charge is 0.369 e. The molecule has 1 amide bonds. The van der Waals surface area contributed by atoms with Crippen molar-refractivity contribution in [2.75, 3.05) is 32.4 Å². The van der Waals surface area contributed by atoms with Gasteiger partial charge < -0.3 is 5.73 Å². The Labute approximate surface area is 122 Å². The van der Waals surface area contributed by atoms with Crippen molar-refractivity contribution in [2.24, 2.45) is 11.7 Å². The summed E-state index contributed by atoms with van der Waals surface area (Å²) < 4.78 is 24.7. The second kappa shape index (κ2) is 6.17. The van der Waals surface area contributed by atoms with Crippen LogP contribution in [-0.2, 0) is 21.4 Å². The highest BCUT2D eigenvalue weighted by Gasteiger charge is 2.30. The molecule has 0 bridgehead atoms. The first-order valence-electron chi connectivity index (χ1n) is 6.20. The third kappa shape index (κ3) is 3.98. The summed E-state index contributed by atoms with van der Waals surface area (Å²) in [5, 5.41) is 1.94. The number of nitrogens with zero attached hydrogens (tertiary/aromatic N) is 3. The van der Waals surface area contributed by atoms with E-state index in [0.717, 1.165) is 11.9 Å². The molecule has 2 rings (SSSR count). The SMILES string of the molecule is CS(=O)(=O)N1CCN(Cc2cscn2)C[C@@H](C(N)=O)C1. The minimum absolute atomic E-state index is 0.154. The van der Waals surface area contributed by atoms with E-state index in [0.29, 0.717) is 26.2 Å². The molecule has 1 atom stereocenters. The molecule has 0 aliphatic carbocycles. The molecule has 0 unspecified atom stereocenters. The van der Waals surface area contributed by atoms with Crippen LogP contribution in [-0.4, -0.2) is 60.9 Å². The lowest BCUT2D eigenvalue weighted by atomic mass is 10.1. The fourth-order valence-corrected chi connectivity index (χ4v) is 3.63. The van der Waals surface area contributed by atoms with Crippen molar-refractivity contribution in [3.8, 4) is 0 Å². The molecule has 2 N–H and O–H groups in total. The Hall–Kier alpha value is -1.03. The summed E-state index contributed by atoms with van der Waals surface area (Å²) in [6.45, 7) is 2.15. The number of carbonyl (C=O) groups is 1. The lowest BCUT2D eigenvalue weighted by Gasteiger charge is -2.21. The summed E-state index contributed by atoms with van der Waals surface area (Å²) in [4.78, 5) is 17.7. The molecule has 20 heavy (non-hydrogen) atoms. The number of aromatic nitrogens is 1. The average molecular weight is 318 g/mol. The van der Waals surface area contributed by atoms with Crippen LogP contribution in [0.15, 0.2) is 10.9 Å². The van der Waals surface area contributed by atoms with Gasteiger partial charge in [-0.15, -0.1) is 11.3 Å². The maximum atomic E-state index is 11.7. The third-order valence-electron chi connectivity index (χ3n) is 3.31. The fourth-order valence-electron chi connectivity index (χ4n) is 2.22. The number of amides is 1. The molecule has 1 aliphatic heterocycles. The molecule has 1 aromatic heterocycles. The van der Waals surface area contributed by atoms with Gasteiger partial charge in [-0.2, -0.15) is 0 Å². The molecular weight excluding hydrogens is 300 g/mol. The van der Waals surface area contributed by atoms with Crippen LogP contribution < -0.4 is 5.73 Å². The van der Waals surface area contributed by atoms with E-state index in [-0.39, 0.29) is 6.54 Å². The van der Waals surface area contributed by atoms with Crippen LogP contribution in [0.25, 0.3) is 0 Å². The number of sulfonamides is 1. The predicted octanol–water partition coefficient (Wildman–Crippen LogP) is -0.678. The molecule has 9 heteroatoms. The van der Waals surface area contributed by atoms with E-state index in [9.17, 15) is 13.2 Å². The number of carbonyl (C=O) groups excluding carboxylic acids is 1. The Morgan fingerprint density at radius 2 is 2.25 bits per heavy atom. The van der Waals surface area contributed by atoms with Crippen molar-refractivity contribution in [3.05, 3.63) is 16.6 Å². The number of hydrogen-bond donors (Lipinski definition) is 1. The van der Waals surface area contributed by atoms with E-state index in [2.05, 4.69) is 4.98 Å². The highest BCUT2D eigenvalue weighted by molar-refractivity contribution is 7.88. The van der Waals surface area contributed by atoms with Gasteiger partial charge in [0.1, 0.15) is 0 Å². The molecule has 0 radical (unpaired) electrons. The van der Waals surface area contributed by atoms with E-state index < -0.39 is 21.8 Å². The van der Waals surface area contributed by atoms with Crippen molar-refractivity contribution in [1.29, 1.82) is 0 Å². The predicted molar refractivity (Wildman–Crippen MR) is 76.5 cm³/mol. The monoisotopic (exact) mass is 318 g/mol. The van der Waals surface area contributed by atoms with E-state index in [1.807, 2.05) is 10.3 Å². The topological polar surface area (TPSA) is 96.6 Å². The lowest BCUT2D eigenvalue weighted by molar-refractivity contribution is -0.122. The maximum absolute atomic E-state index is 11.7. The molecule has 1 aliphatic rings. The van der Waals surface area contributed by atoms with Gasteiger partial charge in [0.05, 0.1) is 23.4 Å². The molecule has 0 spiro atoms. The van der Waals surface area contributed by atoms with Crippen molar-refractivity contribution in [2.45, 2.75) is 6.54 Å². The lowest BCUT2D eigenvalue weighted by Crippen LogP contribution is -2.40. The first-order chi connectivity index (χ1) is 9.36. The van der Waals surface area contributed by atoms with Crippen LogP contribution >= 0.6 is 11.3 Å². The van der Waals surface area contributed by atoms with Gasteiger partial charge in [-0.1, -0.05) is 0 Å². The molecule has 7 nitrogen and oxygen atoms in total. The van der Waals surface area contributed by atoms with E-state index in [4.69, 9.17) is 5.73 Å². The number of hydrogen-bond acceptors (Lipinski definition) is 6. The average Bonchev–Trinajstić information content (AvgIpc) is 2.72. The molecule has 1 saturated heterocycles. The van der Waals surface area contributed by atoms with Gasteiger partial charge in [-0.05, 0) is 0 Å². The number of rotatable bonds is 4. The van der Waals surface area contributed by atoms with Crippen LogP contribution in [0.5, 0.6) is 0 Å². The van der Waals surface area contributed by atoms with Gasteiger partial charge in [0.15, 0.2) is 0 Å². The Morgan fingerprint density at radius 3 is 2.80 bits per heavy atom. The quantitative estimate of drug-likeness (QED) is 0.793. The highest BCUT2D eigenvalue weighted by atomic mass is 32.2. The third-order valence-corrected chi connectivity index (χ3v) is 5.21. The molecule has 2 heterocycles. The molecule has 112 valence electrons. The van der Waals surface area contributed by atoms with Crippen LogP contribution in [0.4, 0.5) is 0 Å². The Balaban J connectivity index is 2.11. The van der Waals surface area contributed by atoms with Gasteiger partial charge in [-0.3, -0.25) is 9.69 Å². The standard InChI is InChI=1S/C11H18N4O3S2/c1-20(17,18)15-3-2-14(4-9(5-15)11(12)16)6-10-7-19-8-13-10/h7-9H,2-6H2,1H3,(H2,12,16)/t9-/m1/s1. The van der Waals surface area contributed by atoms with Crippen LogP contribution in [0.3, 0.4) is 0 Å². The summed E-state index contributed by atoms with van der Waals surface area (Å²) >= 11 is 1.51. The number of primary amides is 1. The van der Waals surface area contributed by atoms with Gasteiger partial charge >= 0.3 is 0 Å².